The quantitative estimate of drug-likeness (QED) is 0.886. The van der Waals surface area contributed by atoms with Gasteiger partial charge in [0.05, 0.1) is 6.04 Å². The highest BCUT2D eigenvalue weighted by molar-refractivity contribution is 5.95. The van der Waals surface area contributed by atoms with Crippen molar-refractivity contribution >= 4 is 11.6 Å². The third-order valence-corrected chi connectivity index (χ3v) is 3.82. The van der Waals surface area contributed by atoms with Crippen molar-refractivity contribution in [3.63, 3.8) is 0 Å². The third-order valence-electron chi connectivity index (χ3n) is 3.82. The first-order valence-electron chi connectivity index (χ1n) is 7.00. The molecule has 2 rings (SSSR count). The SMILES string of the molecule is CN1CCCC1C(=O)Nc1ccccc1C(C)(C)C. The maximum Gasteiger partial charge on any atom is 0.241 e. The summed E-state index contributed by atoms with van der Waals surface area (Å²) in [5.74, 6) is 0.122. The van der Waals surface area contributed by atoms with Crippen LogP contribution < -0.4 is 5.32 Å². The number of nitrogens with one attached hydrogen (secondary N) is 1. The van der Waals surface area contributed by atoms with E-state index in [4.69, 9.17) is 0 Å². The van der Waals surface area contributed by atoms with E-state index < -0.39 is 0 Å². The minimum Gasteiger partial charge on any atom is -0.324 e. The number of likely N-dealkylation sites (tertiary alicyclic amines) is 1. The lowest BCUT2D eigenvalue weighted by Crippen LogP contribution is -2.37. The van der Waals surface area contributed by atoms with Gasteiger partial charge in [0.1, 0.15) is 0 Å². The van der Waals surface area contributed by atoms with E-state index in [1.807, 2.05) is 25.2 Å². The van der Waals surface area contributed by atoms with Crippen molar-refractivity contribution in [3.8, 4) is 0 Å². The van der Waals surface area contributed by atoms with E-state index in [2.05, 4.69) is 37.1 Å². The van der Waals surface area contributed by atoms with Crippen LogP contribution in [0.2, 0.25) is 0 Å². The molecule has 1 aromatic rings. The highest BCUT2D eigenvalue weighted by Crippen LogP contribution is 2.29. The molecule has 0 saturated carbocycles. The zero-order valence-electron chi connectivity index (χ0n) is 12.4. The van der Waals surface area contributed by atoms with Gasteiger partial charge in [-0.3, -0.25) is 9.69 Å². The van der Waals surface area contributed by atoms with Gasteiger partial charge in [0.25, 0.3) is 0 Å². The second-order valence-corrected chi connectivity index (χ2v) is 6.42. The Kier molecular flexibility index (Phi) is 3.95. The Morgan fingerprint density at radius 2 is 2.00 bits per heavy atom. The highest BCUT2D eigenvalue weighted by Gasteiger charge is 2.28. The van der Waals surface area contributed by atoms with Gasteiger partial charge in [-0.1, -0.05) is 39.0 Å². The van der Waals surface area contributed by atoms with E-state index >= 15 is 0 Å². The first-order valence-corrected chi connectivity index (χ1v) is 7.00. The Morgan fingerprint density at radius 1 is 1.32 bits per heavy atom. The van der Waals surface area contributed by atoms with E-state index in [1.54, 1.807) is 0 Å². The predicted octanol–water partition coefficient (Wildman–Crippen LogP) is 3.02. The van der Waals surface area contributed by atoms with Crippen LogP contribution in [0.5, 0.6) is 0 Å². The molecule has 1 amide bonds. The molecule has 0 aliphatic carbocycles. The average Bonchev–Trinajstić information content (AvgIpc) is 2.75. The normalized spacial score (nSPS) is 20.5. The van der Waals surface area contributed by atoms with Crippen LogP contribution in [-0.4, -0.2) is 30.4 Å². The Labute approximate surface area is 116 Å². The van der Waals surface area contributed by atoms with Crippen LogP contribution in [0.1, 0.15) is 39.2 Å². The van der Waals surface area contributed by atoms with Crippen LogP contribution in [0.4, 0.5) is 5.69 Å². The number of para-hydroxylation sites is 1. The number of carbonyl (C=O) groups is 1. The van der Waals surface area contributed by atoms with E-state index in [9.17, 15) is 4.79 Å². The van der Waals surface area contributed by atoms with E-state index in [1.165, 1.54) is 5.56 Å². The van der Waals surface area contributed by atoms with Crippen LogP contribution in [0, 0.1) is 0 Å². The molecule has 1 aliphatic heterocycles. The van der Waals surface area contributed by atoms with Crippen molar-refractivity contribution in [3.05, 3.63) is 29.8 Å². The summed E-state index contributed by atoms with van der Waals surface area (Å²) in [7, 11) is 2.02. The molecular weight excluding hydrogens is 236 g/mol. The van der Waals surface area contributed by atoms with Gasteiger partial charge in [-0.05, 0) is 43.5 Å². The molecular formula is C16H24N2O. The minimum atomic E-state index is 0.0213. The summed E-state index contributed by atoms with van der Waals surface area (Å²) in [6, 6.07) is 8.11. The van der Waals surface area contributed by atoms with Crippen molar-refractivity contribution in [2.24, 2.45) is 0 Å². The van der Waals surface area contributed by atoms with Crippen molar-refractivity contribution in [1.29, 1.82) is 0 Å². The standard InChI is InChI=1S/C16H24N2O/c1-16(2,3)12-8-5-6-9-13(12)17-15(19)14-10-7-11-18(14)4/h5-6,8-9,14H,7,10-11H2,1-4H3,(H,17,19). The fourth-order valence-corrected chi connectivity index (χ4v) is 2.70. The Hall–Kier alpha value is -1.35. The van der Waals surface area contributed by atoms with E-state index in [-0.39, 0.29) is 17.4 Å². The molecule has 1 unspecified atom stereocenters. The lowest BCUT2D eigenvalue weighted by Gasteiger charge is -2.25. The minimum absolute atomic E-state index is 0.0213. The Morgan fingerprint density at radius 3 is 2.58 bits per heavy atom. The number of anilines is 1. The fourth-order valence-electron chi connectivity index (χ4n) is 2.70. The average molecular weight is 260 g/mol. The summed E-state index contributed by atoms with van der Waals surface area (Å²) in [6.45, 7) is 7.51. The van der Waals surface area contributed by atoms with Crippen LogP contribution in [0.3, 0.4) is 0 Å². The molecule has 1 N–H and O–H groups in total. The van der Waals surface area contributed by atoms with Crippen molar-refractivity contribution in [2.75, 3.05) is 18.9 Å². The fraction of sp³-hybridized carbons (Fsp3) is 0.562. The van der Waals surface area contributed by atoms with Crippen molar-refractivity contribution < 1.29 is 4.79 Å². The van der Waals surface area contributed by atoms with Gasteiger partial charge in [-0.25, -0.2) is 0 Å². The van der Waals surface area contributed by atoms with Crippen molar-refractivity contribution in [2.45, 2.75) is 45.1 Å². The maximum atomic E-state index is 12.4. The zero-order valence-corrected chi connectivity index (χ0v) is 12.4. The van der Waals surface area contributed by atoms with Gasteiger partial charge in [-0.2, -0.15) is 0 Å². The number of amides is 1. The number of hydrogen-bond acceptors (Lipinski definition) is 2. The van der Waals surface area contributed by atoms with E-state index in [0.29, 0.717) is 0 Å². The molecule has 1 aliphatic rings. The highest BCUT2D eigenvalue weighted by atomic mass is 16.2. The van der Waals surface area contributed by atoms with Crippen LogP contribution in [-0.2, 0) is 10.2 Å². The molecule has 104 valence electrons. The maximum absolute atomic E-state index is 12.4. The molecule has 3 nitrogen and oxygen atoms in total. The molecule has 0 spiro atoms. The van der Waals surface area contributed by atoms with Crippen LogP contribution >= 0.6 is 0 Å². The molecule has 0 bridgehead atoms. The first-order chi connectivity index (χ1) is 8.89. The lowest BCUT2D eigenvalue weighted by molar-refractivity contribution is -0.119. The van der Waals surface area contributed by atoms with Gasteiger partial charge in [0.2, 0.25) is 5.91 Å². The Bertz CT molecular complexity index is 462. The number of carbonyl (C=O) groups excluding carboxylic acids is 1. The molecule has 0 aromatic heterocycles. The van der Waals surface area contributed by atoms with Crippen LogP contribution in [0.15, 0.2) is 24.3 Å². The predicted molar refractivity (Wildman–Crippen MR) is 79.4 cm³/mol. The third kappa shape index (κ3) is 3.16. The summed E-state index contributed by atoms with van der Waals surface area (Å²) < 4.78 is 0. The topological polar surface area (TPSA) is 32.3 Å². The summed E-state index contributed by atoms with van der Waals surface area (Å²) in [4.78, 5) is 14.5. The summed E-state index contributed by atoms with van der Waals surface area (Å²) in [5, 5.41) is 3.11. The molecule has 1 fully saturated rings. The molecule has 1 saturated heterocycles. The summed E-state index contributed by atoms with van der Waals surface area (Å²) >= 11 is 0. The largest absolute Gasteiger partial charge is 0.324 e. The second kappa shape index (κ2) is 5.33. The van der Waals surface area contributed by atoms with Gasteiger partial charge in [0, 0.05) is 5.69 Å². The Balaban J connectivity index is 2.17. The first kappa shape index (κ1) is 14.1. The van der Waals surface area contributed by atoms with E-state index in [0.717, 1.165) is 25.1 Å². The summed E-state index contributed by atoms with van der Waals surface area (Å²) in [5.41, 5.74) is 2.16. The van der Waals surface area contributed by atoms with Gasteiger partial charge < -0.3 is 5.32 Å². The summed E-state index contributed by atoms with van der Waals surface area (Å²) in [6.07, 6.45) is 2.07. The number of nitrogens with zero attached hydrogens (tertiary/aromatic N) is 1. The molecule has 1 heterocycles. The zero-order chi connectivity index (χ0) is 14.0. The monoisotopic (exact) mass is 260 g/mol. The van der Waals surface area contributed by atoms with Gasteiger partial charge in [0.15, 0.2) is 0 Å². The molecule has 19 heavy (non-hydrogen) atoms. The molecule has 1 aromatic carbocycles. The second-order valence-electron chi connectivity index (χ2n) is 6.42. The number of benzene rings is 1. The molecule has 0 radical (unpaired) electrons. The lowest BCUT2D eigenvalue weighted by atomic mass is 9.86. The number of rotatable bonds is 2. The molecule has 3 heteroatoms. The smallest absolute Gasteiger partial charge is 0.241 e. The number of hydrogen-bond donors (Lipinski definition) is 1. The molecule has 1 atom stereocenters. The van der Waals surface area contributed by atoms with Crippen LogP contribution in [0.25, 0.3) is 0 Å². The van der Waals surface area contributed by atoms with Gasteiger partial charge >= 0.3 is 0 Å². The number of likely N-dealkylation sites (N-methyl/N-ethyl adjacent to an activating group) is 1. The van der Waals surface area contributed by atoms with Crippen molar-refractivity contribution in [1.82, 2.24) is 4.90 Å². The van der Waals surface area contributed by atoms with Gasteiger partial charge in [-0.15, -0.1) is 0 Å².